The van der Waals surface area contributed by atoms with E-state index in [2.05, 4.69) is 45.0 Å². The first-order valence-corrected chi connectivity index (χ1v) is 25.5. The van der Waals surface area contributed by atoms with Crippen molar-refractivity contribution in [3.8, 4) is 5.75 Å². The van der Waals surface area contributed by atoms with Crippen molar-refractivity contribution in [1.29, 1.82) is 0 Å². The molecule has 5 aromatic rings. The number of nitrogens with one attached hydrogen (secondary N) is 2. The largest absolute Gasteiger partial charge is 1.00 e. The zero-order valence-electron chi connectivity index (χ0n) is 36.4. The number of hydrogen-bond donors (Lipinski definition) is 4. The normalized spacial score (nSPS) is 12.4. The number of aromatic nitrogens is 3. The maximum Gasteiger partial charge on any atom is 1.00 e. The first kappa shape index (κ1) is 69.0. The Morgan fingerprint density at radius 1 is 0.686 bits per heavy atom. The molecule has 40 heteroatoms. The van der Waals surface area contributed by atoms with Gasteiger partial charge in [0.25, 0.3) is 10.1 Å². The van der Waals surface area contributed by atoms with Crippen molar-refractivity contribution in [2.45, 2.75) is 19.6 Å². The van der Waals surface area contributed by atoms with Gasteiger partial charge in [-0.15, -0.1) is 10.2 Å². The predicted octanol–water partition coefficient (Wildman–Crippen LogP) is -15.5. The molecule has 350 valence electrons. The molecule has 1 aromatic heterocycles. The second-order valence-corrected chi connectivity index (χ2v) is 21.4. The molecular formula is C30H22FN8Na5O20S6. The van der Waals surface area contributed by atoms with E-state index in [1.807, 2.05) is 0 Å². The van der Waals surface area contributed by atoms with Gasteiger partial charge in [0, 0.05) is 11.4 Å². The molecule has 0 saturated carbocycles. The maximum atomic E-state index is 14.8. The Hall–Kier alpha value is -0.990. The van der Waals surface area contributed by atoms with Crippen LogP contribution in [-0.4, -0.2) is 119 Å². The third-order valence-electron chi connectivity index (χ3n) is 7.92. The Balaban J connectivity index is 0.00000952. The van der Waals surface area contributed by atoms with E-state index in [1.165, 1.54) is 18.2 Å². The Morgan fingerprint density at radius 3 is 1.84 bits per heavy atom. The minimum Gasteiger partial charge on any atom is -0.870 e. The Morgan fingerprint density at radius 2 is 1.29 bits per heavy atom. The minimum absolute atomic E-state index is 0. The molecule has 1 heterocycles. The van der Waals surface area contributed by atoms with Crippen LogP contribution in [-0.2, 0) is 64.9 Å². The van der Waals surface area contributed by atoms with Crippen LogP contribution >= 0.6 is 0 Å². The van der Waals surface area contributed by atoms with Gasteiger partial charge in [-0.2, -0.15) is 36.2 Å². The molecule has 0 spiro atoms. The smallest absolute Gasteiger partial charge is 0.870 e. The fourth-order valence-corrected chi connectivity index (χ4v) is 8.79. The van der Waals surface area contributed by atoms with E-state index in [4.69, 9.17) is 4.55 Å². The van der Waals surface area contributed by atoms with Gasteiger partial charge in [-0.3, -0.25) is 14.1 Å². The topological polar surface area (TPSA) is 470 Å². The third kappa shape index (κ3) is 19.6. The summed E-state index contributed by atoms with van der Waals surface area (Å²) in [5, 5.41) is 36.4. The summed E-state index contributed by atoms with van der Waals surface area (Å²) in [6.07, 6.45) is -1.58. The summed E-state index contributed by atoms with van der Waals surface area (Å²) in [4.78, 5) is 9.11. The molecule has 0 bridgehead atoms. The number of benzene rings is 4. The first-order valence-electron chi connectivity index (χ1n) is 16.6. The van der Waals surface area contributed by atoms with Gasteiger partial charge in [0.05, 0.1) is 45.0 Å². The van der Waals surface area contributed by atoms with Crippen molar-refractivity contribution in [3.63, 3.8) is 0 Å². The molecule has 5 rings (SSSR count). The number of anilines is 4. The van der Waals surface area contributed by atoms with Gasteiger partial charge in [-0.05, 0) is 70.8 Å². The number of fused-ring (bicyclic) bond motifs is 1. The van der Waals surface area contributed by atoms with Crippen LogP contribution < -0.4 is 169 Å². The summed E-state index contributed by atoms with van der Waals surface area (Å²) >= 11 is 0. The van der Waals surface area contributed by atoms with Crippen LogP contribution in [0.15, 0.2) is 95.5 Å². The number of azo groups is 1. The van der Waals surface area contributed by atoms with Crippen LogP contribution in [0.25, 0.3) is 10.8 Å². The Bertz CT molecular complexity index is 3530. The van der Waals surface area contributed by atoms with Crippen LogP contribution in [0.1, 0.15) is 5.56 Å². The minimum atomic E-state index is -5.61. The van der Waals surface area contributed by atoms with E-state index in [1.54, 1.807) is 0 Å². The van der Waals surface area contributed by atoms with Crippen molar-refractivity contribution in [1.82, 2.24) is 15.0 Å². The quantitative estimate of drug-likeness (QED) is 0.0208. The maximum absolute atomic E-state index is 14.8. The fraction of sp³-hybridized carbons (Fsp3) is 0.133. The van der Waals surface area contributed by atoms with Crippen LogP contribution in [0.5, 0.6) is 5.75 Å². The zero-order valence-corrected chi connectivity index (χ0v) is 51.3. The molecule has 4 aromatic carbocycles. The fourth-order valence-electron chi connectivity index (χ4n) is 5.21. The molecule has 0 fully saturated rings. The summed E-state index contributed by atoms with van der Waals surface area (Å²) in [5.41, 5.74) is -3.69. The molecule has 0 radical (unpaired) electrons. The summed E-state index contributed by atoms with van der Waals surface area (Å²) in [6, 6.07) is 7.21. The first-order chi connectivity index (χ1) is 29.8. The van der Waals surface area contributed by atoms with E-state index >= 15 is 0 Å². The Kier molecular flexibility index (Phi) is 26.8. The second-order valence-electron chi connectivity index (χ2n) is 12.5. The molecule has 0 aliphatic carbocycles. The summed E-state index contributed by atoms with van der Waals surface area (Å²) in [5.74, 6) is -5.73. The van der Waals surface area contributed by atoms with E-state index in [-0.39, 0.29) is 165 Å². The molecule has 4 N–H and O–H groups in total. The second kappa shape index (κ2) is 27.2. The SMILES string of the molecule is O=S(=O)(CCN=C([O-])c1cccc(Nc2nc(F)nc(Nc3cc(S(=O)(=O)[O-])cc4cc(S(=O)(=O)O)c(N=Nc5cc(S(=O)(=O)[O-])ccc5S(=O)(=O)[O-])c([O-])c34)n2)c1)CCOS(=O)(=O)O.[Na+].[Na+].[Na+].[Na+].[Na+]. The predicted molar refractivity (Wildman–Crippen MR) is 208 cm³/mol. The van der Waals surface area contributed by atoms with Gasteiger partial charge in [-0.1, -0.05) is 17.9 Å². The van der Waals surface area contributed by atoms with E-state index in [0.29, 0.717) is 30.3 Å². The number of sulfone groups is 1. The van der Waals surface area contributed by atoms with E-state index in [0.717, 1.165) is 6.07 Å². The molecular weight excluding hydrogens is 1120 g/mol. The van der Waals surface area contributed by atoms with Crippen molar-refractivity contribution in [2.75, 3.05) is 35.3 Å². The molecule has 0 aliphatic heterocycles. The number of hydrogen-bond acceptors (Lipinski definition) is 26. The zero-order chi connectivity index (χ0) is 48.5. The van der Waals surface area contributed by atoms with Gasteiger partial charge in [0.1, 0.15) is 40.9 Å². The van der Waals surface area contributed by atoms with Crippen LogP contribution in [0.2, 0.25) is 0 Å². The van der Waals surface area contributed by atoms with Crippen molar-refractivity contribution in [2.24, 2.45) is 15.2 Å². The average molecular weight is 1140 g/mol. The van der Waals surface area contributed by atoms with Crippen molar-refractivity contribution in [3.05, 3.63) is 72.3 Å². The van der Waals surface area contributed by atoms with Crippen molar-refractivity contribution < 1.29 is 240 Å². The third-order valence-corrected chi connectivity index (χ3v) is 13.4. The number of aliphatic imine (C=N–C) groups is 1. The summed E-state index contributed by atoms with van der Waals surface area (Å²) < 4.78 is 214. The average Bonchev–Trinajstić information content (AvgIpc) is 3.14. The summed E-state index contributed by atoms with van der Waals surface area (Å²) in [6.45, 7) is -1.50. The molecule has 0 atom stereocenters. The van der Waals surface area contributed by atoms with Gasteiger partial charge >= 0.3 is 164 Å². The monoisotopic (exact) mass is 1140 g/mol. The van der Waals surface area contributed by atoms with Crippen molar-refractivity contribution >= 4 is 112 Å². The standard InChI is InChI=1S/C30H27FN8O20S6.5Na/c31-28-35-29(33-17-3-1-2-15(10-17)27(41)32-6-8-60(42,43)9-7-59-65(56,57)58)37-30(36-28)34-21-14-19(62(47,48)49)11-16-12-23(64(53,54)55)25(26(40)24(16)21)39-38-20-13-18(61(44,45)46)4-5-22(20)63(50,51)52;;;;;/h1-5,10-14,40H,6-9H2,(H,32,41)(H,44,45,46)(H,47,48,49)(H,50,51,52)(H,53,54,55)(H,56,57,58)(H2,33,34,35,36,37);;;;;/q;5*+1/p-5. The van der Waals surface area contributed by atoms with Crippen LogP contribution in [0, 0.1) is 6.08 Å². The van der Waals surface area contributed by atoms with Crippen LogP contribution in [0.4, 0.5) is 39.0 Å². The van der Waals surface area contributed by atoms with Gasteiger partial charge in [0.2, 0.25) is 11.9 Å². The number of halogens is 1. The van der Waals surface area contributed by atoms with Crippen LogP contribution in [0.3, 0.4) is 0 Å². The molecule has 28 nitrogen and oxygen atoms in total. The Labute approximate surface area is 507 Å². The molecule has 0 amide bonds. The summed E-state index contributed by atoms with van der Waals surface area (Å²) in [7, 11) is -30.9. The van der Waals surface area contributed by atoms with Gasteiger partial charge in [-0.25, -0.2) is 37.9 Å². The molecule has 0 aliphatic rings. The van der Waals surface area contributed by atoms with E-state index < -0.39 is 162 Å². The molecule has 70 heavy (non-hydrogen) atoms. The van der Waals surface area contributed by atoms with Gasteiger partial charge < -0.3 is 34.5 Å². The number of rotatable bonds is 18. The number of nitrogens with zero attached hydrogens (tertiary/aromatic N) is 6. The van der Waals surface area contributed by atoms with Gasteiger partial charge in [0.15, 0.2) is 9.84 Å². The van der Waals surface area contributed by atoms with E-state index in [9.17, 15) is 83.3 Å². The molecule has 0 unspecified atom stereocenters. The molecule has 0 saturated heterocycles.